The number of carbonyl (C=O) groups excluding carboxylic acids is 1. The van der Waals surface area contributed by atoms with Crippen molar-refractivity contribution in [1.82, 2.24) is 0 Å². The average Bonchev–Trinajstić information content (AvgIpc) is 2.55. The molecular weight excluding hydrogens is 328 g/mol. The van der Waals surface area contributed by atoms with Crippen LogP contribution in [0.15, 0.2) is 59.5 Å². The minimum atomic E-state index is -0.174. The summed E-state index contributed by atoms with van der Waals surface area (Å²) in [5.41, 5.74) is 7.55. The molecule has 0 saturated carbocycles. The highest BCUT2D eigenvalue weighted by Gasteiger charge is 2.11. The predicted octanol–water partition coefficient (Wildman–Crippen LogP) is 4.50. The van der Waals surface area contributed by atoms with Gasteiger partial charge in [0.05, 0.1) is 0 Å². The van der Waals surface area contributed by atoms with Crippen LogP contribution in [0.1, 0.15) is 24.7 Å². The van der Waals surface area contributed by atoms with E-state index in [0.29, 0.717) is 11.8 Å². The summed E-state index contributed by atoms with van der Waals surface area (Å²) in [5.74, 6) is -0.214. The number of anilines is 1. The van der Waals surface area contributed by atoms with E-state index in [-0.39, 0.29) is 24.2 Å². The number of nitrogens with one attached hydrogen (secondary N) is 1. The van der Waals surface area contributed by atoms with Crippen molar-refractivity contribution in [2.45, 2.75) is 24.0 Å². The Balaban J connectivity index is 0.00000264. The van der Waals surface area contributed by atoms with Gasteiger partial charge in [0.25, 0.3) is 0 Å². The summed E-state index contributed by atoms with van der Waals surface area (Å²) in [4.78, 5) is 13.1. The molecule has 0 saturated heterocycles. The van der Waals surface area contributed by atoms with Crippen LogP contribution in [0, 0.1) is 5.92 Å². The summed E-state index contributed by atoms with van der Waals surface area (Å²) in [6.45, 7) is 4.36. The molecule has 2 aromatic carbocycles. The zero-order chi connectivity index (χ0) is 15.9. The highest BCUT2D eigenvalue weighted by molar-refractivity contribution is 7.99. The molecule has 3 nitrogen and oxygen atoms in total. The standard InChI is InChI=1S/C18H22N2OS.ClH/c1-13(12-19)18(21)20-16-10-8-15(9-11-16)14(2)22-17-6-4-3-5-7-17;/h3-11,13-14H,12,19H2,1-2H3,(H,20,21);1H. The van der Waals surface area contributed by atoms with E-state index >= 15 is 0 Å². The number of halogens is 1. The van der Waals surface area contributed by atoms with E-state index < -0.39 is 0 Å². The second-order valence-corrected chi connectivity index (χ2v) is 6.74. The second kappa shape index (κ2) is 9.60. The molecule has 3 N–H and O–H groups in total. The van der Waals surface area contributed by atoms with Crippen LogP contribution in [0.3, 0.4) is 0 Å². The molecule has 124 valence electrons. The molecule has 0 aliphatic carbocycles. The van der Waals surface area contributed by atoms with Crippen molar-refractivity contribution in [1.29, 1.82) is 0 Å². The quantitative estimate of drug-likeness (QED) is 0.754. The first-order valence-electron chi connectivity index (χ1n) is 7.42. The van der Waals surface area contributed by atoms with Crippen LogP contribution in [-0.2, 0) is 4.79 Å². The lowest BCUT2D eigenvalue weighted by molar-refractivity contribution is -0.119. The number of rotatable bonds is 6. The Kier molecular flexibility index (Phi) is 8.17. The highest BCUT2D eigenvalue weighted by atomic mass is 35.5. The van der Waals surface area contributed by atoms with Gasteiger partial charge in [0.15, 0.2) is 0 Å². The largest absolute Gasteiger partial charge is 0.330 e. The lowest BCUT2D eigenvalue weighted by atomic mass is 10.1. The smallest absolute Gasteiger partial charge is 0.228 e. The summed E-state index contributed by atoms with van der Waals surface area (Å²) in [7, 11) is 0. The SMILES string of the molecule is CC(CN)C(=O)Nc1ccc(C(C)Sc2ccccc2)cc1.Cl. The minimum Gasteiger partial charge on any atom is -0.330 e. The van der Waals surface area contributed by atoms with Crippen molar-refractivity contribution in [2.75, 3.05) is 11.9 Å². The van der Waals surface area contributed by atoms with Gasteiger partial charge in [-0.25, -0.2) is 0 Å². The summed E-state index contributed by atoms with van der Waals surface area (Å²) in [5, 5.41) is 3.24. The van der Waals surface area contributed by atoms with E-state index in [0.717, 1.165) is 5.69 Å². The zero-order valence-corrected chi connectivity index (χ0v) is 15.0. The molecule has 0 spiro atoms. The maximum atomic E-state index is 11.8. The Hall–Kier alpha value is -1.49. The topological polar surface area (TPSA) is 55.1 Å². The first-order chi connectivity index (χ1) is 10.6. The van der Waals surface area contributed by atoms with Gasteiger partial charge in [0.1, 0.15) is 0 Å². The van der Waals surface area contributed by atoms with Gasteiger partial charge in [-0.3, -0.25) is 4.79 Å². The molecule has 0 bridgehead atoms. The summed E-state index contributed by atoms with van der Waals surface area (Å²) in [6.07, 6.45) is 0. The minimum absolute atomic E-state index is 0. The molecule has 0 fully saturated rings. The third-order valence-electron chi connectivity index (χ3n) is 3.50. The van der Waals surface area contributed by atoms with Crippen LogP contribution in [-0.4, -0.2) is 12.5 Å². The molecule has 0 heterocycles. The van der Waals surface area contributed by atoms with Crippen molar-refractivity contribution >= 4 is 35.8 Å². The molecule has 0 aromatic heterocycles. The Morgan fingerprint density at radius 1 is 1.09 bits per heavy atom. The van der Waals surface area contributed by atoms with Crippen molar-refractivity contribution in [3.63, 3.8) is 0 Å². The maximum absolute atomic E-state index is 11.8. The fourth-order valence-corrected chi connectivity index (χ4v) is 3.00. The molecule has 0 radical (unpaired) electrons. The maximum Gasteiger partial charge on any atom is 0.228 e. The molecule has 2 unspecified atom stereocenters. The van der Waals surface area contributed by atoms with Crippen molar-refractivity contribution in [2.24, 2.45) is 11.7 Å². The number of thioether (sulfide) groups is 1. The van der Waals surface area contributed by atoms with Gasteiger partial charge in [-0.15, -0.1) is 24.2 Å². The average molecular weight is 351 g/mol. The molecule has 5 heteroatoms. The van der Waals surface area contributed by atoms with Crippen molar-refractivity contribution < 1.29 is 4.79 Å². The van der Waals surface area contributed by atoms with E-state index in [2.05, 4.69) is 36.5 Å². The molecule has 0 aliphatic heterocycles. The van der Waals surface area contributed by atoms with Crippen molar-refractivity contribution in [3.05, 3.63) is 60.2 Å². The predicted molar refractivity (Wildman–Crippen MR) is 101 cm³/mol. The van der Waals surface area contributed by atoms with Gasteiger partial charge in [0, 0.05) is 28.3 Å². The Labute approximate surface area is 148 Å². The second-order valence-electron chi connectivity index (χ2n) is 5.32. The summed E-state index contributed by atoms with van der Waals surface area (Å²) in [6, 6.07) is 18.4. The van der Waals surface area contributed by atoms with Gasteiger partial charge >= 0.3 is 0 Å². The molecule has 23 heavy (non-hydrogen) atoms. The van der Waals surface area contributed by atoms with Gasteiger partial charge < -0.3 is 11.1 Å². The normalized spacial score (nSPS) is 12.8. The number of hydrogen-bond donors (Lipinski definition) is 2. The van der Waals surface area contributed by atoms with Crippen LogP contribution >= 0.6 is 24.2 Å². The number of hydrogen-bond acceptors (Lipinski definition) is 3. The Bertz CT molecular complexity index is 604. The number of amides is 1. The number of benzene rings is 2. The van der Waals surface area contributed by atoms with Gasteiger partial charge in [-0.2, -0.15) is 0 Å². The van der Waals surface area contributed by atoms with Crippen molar-refractivity contribution in [3.8, 4) is 0 Å². The van der Waals surface area contributed by atoms with Gasteiger partial charge in [-0.05, 0) is 36.8 Å². The van der Waals surface area contributed by atoms with Crippen LogP contribution < -0.4 is 11.1 Å². The fraction of sp³-hybridized carbons (Fsp3) is 0.278. The Morgan fingerprint density at radius 2 is 1.70 bits per heavy atom. The summed E-state index contributed by atoms with van der Waals surface area (Å²) < 4.78 is 0. The molecule has 2 aromatic rings. The third kappa shape index (κ3) is 5.90. The molecule has 1 amide bonds. The molecular formula is C18H23ClN2OS. The van der Waals surface area contributed by atoms with Crippen LogP contribution in [0.4, 0.5) is 5.69 Å². The first-order valence-corrected chi connectivity index (χ1v) is 8.30. The highest BCUT2D eigenvalue weighted by Crippen LogP contribution is 2.34. The molecule has 2 atom stereocenters. The number of carbonyl (C=O) groups is 1. The monoisotopic (exact) mass is 350 g/mol. The lowest BCUT2D eigenvalue weighted by Crippen LogP contribution is -2.26. The van der Waals surface area contributed by atoms with E-state index in [1.165, 1.54) is 10.5 Å². The summed E-state index contributed by atoms with van der Waals surface area (Å²) >= 11 is 1.82. The fourth-order valence-electron chi connectivity index (χ4n) is 1.98. The lowest BCUT2D eigenvalue weighted by Gasteiger charge is -2.14. The van der Waals surface area contributed by atoms with Gasteiger partial charge in [0.2, 0.25) is 5.91 Å². The van der Waals surface area contributed by atoms with E-state index in [1.807, 2.05) is 49.0 Å². The van der Waals surface area contributed by atoms with E-state index in [1.54, 1.807) is 0 Å². The zero-order valence-electron chi connectivity index (χ0n) is 13.4. The first kappa shape index (κ1) is 19.6. The van der Waals surface area contributed by atoms with Crippen LogP contribution in [0.25, 0.3) is 0 Å². The van der Waals surface area contributed by atoms with E-state index in [9.17, 15) is 4.79 Å². The molecule has 2 rings (SSSR count). The third-order valence-corrected chi connectivity index (χ3v) is 4.67. The van der Waals surface area contributed by atoms with Crippen LogP contribution in [0.2, 0.25) is 0 Å². The Morgan fingerprint density at radius 3 is 2.26 bits per heavy atom. The van der Waals surface area contributed by atoms with E-state index in [4.69, 9.17) is 5.73 Å². The van der Waals surface area contributed by atoms with Crippen LogP contribution in [0.5, 0.6) is 0 Å². The van der Waals surface area contributed by atoms with Gasteiger partial charge in [-0.1, -0.05) is 37.3 Å². The molecule has 0 aliphatic rings. The number of nitrogens with two attached hydrogens (primary N) is 1.